The zero-order valence-corrected chi connectivity index (χ0v) is 24.6. The van der Waals surface area contributed by atoms with E-state index in [-0.39, 0.29) is 37.7 Å². The molecule has 1 N–H and O–H groups in total. The zero-order valence-electron chi connectivity index (χ0n) is 24.6. The molecule has 2 saturated heterocycles. The largest absolute Gasteiger partial charge is 0.459 e. The van der Waals surface area contributed by atoms with Crippen LogP contribution < -0.4 is 4.74 Å². The van der Waals surface area contributed by atoms with Gasteiger partial charge in [0.15, 0.2) is 11.9 Å². The second-order valence-corrected chi connectivity index (χ2v) is 11.8. The van der Waals surface area contributed by atoms with Crippen LogP contribution in [0.4, 0.5) is 0 Å². The van der Waals surface area contributed by atoms with Gasteiger partial charge in [0, 0.05) is 58.6 Å². The Morgan fingerprint density at radius 3 is 2.26 bits per heavy atom. The molecule has 0 bridgehead atoms. The molecule has 3 aromatic heterocycles. The highest BCUT2D eigenvalue weighted by Crippen LogP contribution is 2.37. The number of aryl methyl sites for hydroxylation is 1. The number of benzene rings is 1. The molecular weight excluding hydrogens is 554 g/mol. The quantitative estimate of drug-likeness (QED) is 0.251. The van der Waals surface area contributed by atoms with Crippen molar-refractivity contribution in [3.05, 3.63) is 54.5 Å². The third-order valence-electron chi connectivity index (χ3n) is 7.39. The molecule has 0 radical (unpaired) electrons. The normalized spacial score (nSPS) is 21.6. The van der Waals surface area contributed by atoms with Crippen LogP contribution in [0.2, 0.25) is 0 Å². The second-order valence-electron chi connectivity index (χ2n) is 11.8. The van der Waals surface area contributed by atoms with Gasteiger partial charge < -0.3 is 28.6 Å². The van der Waals surface area contributed by atoms with Crippen molar-refractivity contribution in [3.63, 3.8) is 0 Å². The van der Waals surface area contributed by atoms with Gasteiger partial charge in [-0.15, -0.1) is 0 Å². The Hall–Kier alpha value is -4.26. The number of aliphatic hydroxyl groups excluding tert-OH is 1. The number of rotatable bonds is 7. The van der Waals surface area contributed by atoms with Crippen LogP contribution in [0.25, 0.3) is 33.2 Å². The van der Waals surface area contributed by atoms with Gasteiger partial charge in [-0.05, 0) is 57.9 Å². The van der Waals surface area contributed by atoms with Crippen LogP contribution in [0, 0.1) is 6.92 Å². The lowest BCUT2D eigenvalue weighted by atomic mass is 9.94. The highest BCUT2D eigenvalue weighted by molar-refractivity contribution is 6.09. The standard InChI is InChI=1S/C31H33N5O7/c1-16(37)23-12-36(13-27(39)43-31(3,4)5)24-7-21(20(6-22(23)24)18-8-32-17(2)33-9-18)19-10-34-30(35-11-19)42-26-15-41-28-25(38)14-40-29(26)28/h6-12,25-26,28-29,38H,13-15H2,1-5H3/t25-,26-,28-,29-/m1/s1. The van der Waals surface area contributed by atoms with Gasteiger partial charge in [0.2, 0.25) is 0 Å². The fourth-order valence-corrected chi connectivity index (χ4v) is 5.47. The highest BCUT2D eigenvalue weighted by Gasteiger charge is 2.48. The fraction of sp³-hybridized carbons (Fsp3) is 0.419. The minimum Gasteiger partial charge on any atom is -0.459 e. The molecule has 0 spiro atoms. The maximum absolute atomic E-state index is 12.8. The molecule has 2 fully saturated rings. The Labute approximate surface area is 248 Å². The number of Topliss-reactive ketones (excluding diaryl/α,β-unsaturated/α-hetero) is 1. The Kier molecular flexibility index (Phi) is 7.45. The lowest BCUT2D eigenvalue weighted by molar-refractivity contribution is -0.155. The molecule has 4 aromatic rings. The van der Waals surface area contributed by atoms with Crippen LogP contribution in [0.1, 0.15) is 43.9 Å². The van der Waals surface area contributed by atoms with Crippen LogP contribution in [0.5, 0.6) is 6.01 Å². The first-order valence-electron chi connectivity index (χ1n) is 14.1. The van der Waals surface area contributed by atoms with Gasteiger partial charge in [-0.1, -0.05) is 0 Å². The van der Waals surface area contributed by atoms with Crippen molar-refractivity contribution >= 4 is 22.7 Å². The molecule has 5 heterocycles. The van der Waals surface area contributed by atoms with E-state index in [0.29, 0.717) is 27.9 Å². The maximum Gasteiger partial charge on any atom is 0.326 e. The molecule has 0 aliphatic carbocycles. The molecule has 224 valence electrons. The number of ether oxygens (including phenoxy) is 4. The van der Waals surface area contributed by atoms with Crippen LogP contribution in [0.15, 0.2) is 43.1 Å². The minimum atomic E-state index is -0.682. The molecule has 0 saturated carbocycles. The van der Waals surface area contributed by atoms with Crippen molar-refractivity contribution in [1.82, 2.24) is 24.5 Å². The number of aromatic nitrogens is 5. The molecule has 6 rings (SSSR count). The third kappa shape index (κ3) is 5.85. The number of ketones is 1. The molecule has 2 aliphatic rings. The van der Waals surface area contributed by atoms with E-state index in [1.54, 1.807) is 42.5 Å². The van der Waals surface area contributed by atoms with E-state index in [9.17, 15) is 14.7 Å². The highest BCUT2D eigenvalue weighted by atomic mass is 16.6. The van der Waals surface area contributed by atoms with Crippen molar-refractivity contribution < 1.29 is 33.6 Å². The summed E-state index contributed by atoms with van der Waals surface area (Å²) in [4.78, 5) is 43.1. The predicted octanol–water partition coefficient (Wildman–Crippen LogP) is 3.31. The molecular formula is C31H33N5O7. The SMILES string of the molecule is CC(=O)c1cn(CC(=O)OC(C)(C)C)c2cc(-c3cnc(O[C@@H]4CO[C@H]5[C@@H]4OC[C@H]5O)nc3)c(-c3cnc(C)nc3)cc12. The lowest BCUT2D eigenvalue weighted by Crippen LogP contribution is -2.34. The number of esters is 1. The Balaban J connectivity index is 1.40. The number of carbonyl (C=O) groups excluding carboxylic acids is 2. The van der Waals surface area contributed by atoms with Crippen LogP contribution in [0.3, 0.4) is 0 Å². The minimum absolute atomic E-state index is 0.0703. The lowest BCUT2D eigenvalue weighted by Gasteiger charge is -2.20. The van der Waals surface area contributed by atoms with E-state index >= 15 is 0 Å². The summed E-state index contributed by atoms with van der Waals surface area (Å²) < 4.78 is 24.5. The summed E-state index contributed by atoms with van der Waals surface area (Å²) in [5.74, 6) is 0.0772. The maximum atomic E-state index is 12.8. The number of hydrogen-bond acceptors (Lipinski definition) is 11. The molecule has 4 atom stereocenters. The predicted molar refractivity (Wildman–Crippen MR) is 154 cm³/mol. The molecule has 0 amide bonds. The second kappa shape index (κ2) is 11.1. The first kappa shape index (κ1) is 28.8. The van der Waals surface area contributed by atoms with Gasteiger partial charge in [-0.25, -0.2) is 19.9 Å². The summed E-state index contributed by atoms with van der Waals surface area (Å²) in [6.07, 6.45) is 6.49. The average Bonchev–Trinajstić information content (AvgIpc) is 3.63. The van der Waals surface area contributed by atoms with Gasteiger partial charge >= 0.3 is 12.0 Å². The molecule has 2 aliphatic heterocycles. The van der Waals surface area contributed by atoms with Crippen molar-refractivity contribution in [2.24, 2.45) is 0 Å². The summed E-state index contributed by atoms with van der Waals surface area (Å²) in [5, 5.41) is 10.7. The topological polar surface area (TPSA) is 148 Å². The molecule has 12 heteroatoms. The summed E-state index contributed by atoms with van der Waals surface area (Å²) in [6, 6.07) is 3.96. The van der Waals surface area contributed by atoms with Gasteiger partial charge in [0.1, 0.15) is 36.3 Å². The van der Waals surface area contributed by atoms with Gasteiger partial charge in [-0.2, -0.15) is 0 Å². The van der Waals surface area contributed by atoms with Crippen LogP contribution in [-0.2, 0) is 25.5 Å². The molecule has 12 nitrogen and oxygen atoms in total. The first-order valence-corrected chi connectivity index (χ1v) is 14.1. The summed E-state index contributed by atoms with van der Waals surface area (Å²) in [7, 11) is 0. The van der Waals surface area contributed by atoms with E-state index in [1.165, 1.54) is 6.92 Å². The van der Waals surface area contributed by atoms with Crippen molar-refractivity contribution in [1.29, 1.82) is 0 Å². The Morgan fingerprint density at radius 1 is 0.977 bits per heavy atom. The van der Waals surface area contributed by atoms with Gasteiger partial charge in [0.25, 0.3) is 0 Å². The third-order valence-corrected chi connectivity index (χ3v) is 7.39. The van der Waals surface area contributed by atoms with E-state index in [2.05, 4.69) is 19.9 Å². The zero-order chi connectivity index (χ0) is 30.5. The Morgan fingerprint density at radius 2 is 1.60 bits per heavy atom. The van der Waals surface area contributed by atoms with Gasteiger partial charge in [0.05, 0.1) is 13.2 Å². The number of fused-ring (bicyclic) bond motifs is 2. The fourth-order valence-electron chi connectivity index (χ4n) is 5.47. The molecule has 1 aromatic carbocycles. The van der Waals surface area contributed by atoms with Crippen LogP contribution in [-0.4, -0.2) is 84.6 Å². The number of nitrogens with zero attached hydrogens (tertiary/aromatic N) is 5. The first-order chi connectivity index (χ1) is 20.5. The molecule has 0 unspecified atom stereocenters. The smallest absolute Gasteiger partial charge is 0.326 e. The summed E-state index contributed by atoms with van der Waals surface area (Å²) in [6.45, 7) is 9.12. The van der Waals surface area contributed by atoms with Crippen molar-refractivity contribution in [2.45, 2.75) is 71.2 Å². The Bertz CT molecular complexity index is 1680. The van der Waals surface area contributed by atoms with Crippen LogP contribution >= 0.6 is 0 Å². The number of carbonyl (C=O) groups is 2. The number of aliphatic hydroxyl groups is 1. The van der Waals surface area contributed by atoms with E-state index in [0.717, 1.165) is 16.7 Å². The van der Waals surface area contributed by atoms with E-state index in [4.69, 9.17) is 18.9 Å². The molecule has 43 heavy (non-hydrogen) atoms. The van der Waals surface area contributed by atoms with Crippen molar-refractivity contribution in [3.8, 4) is 28.3 Å². The van der Waals surface area contributed by atoms with E-state index in [1.807, 2.05) is 32.9 Å². The van der Waals surface area contributed by atoms with Crippen molar-refractivity contribution in [2.75, 3.05) is 13.2 Å². The summed E-state index contributed by atoms with van der Waals surface area (Å²) >= 11 is 0. The van der Waals surface area contributed by atoms with E-state index < -0.39 is 29.9 Å². The van der Waals surface area contributed by atoms with Gasteiger partial charge in [-0.3, -0.25) is 9.59 Å². The number of hydrogen-bond donors (Lipinski definition) is 1. The average molecular weight is 588 g/mol. The summed E-state index contributed by atoms with van der Waals surface area (Å²) in [5.41, 5.74) is 3.43. The monoisotopic (exact) mass is 587 g/mol.